The second-order valence-corrected chi connectivity index (χ2v) is 11.5. The van der Waals surface area contributed by atoms with Gasteiger partial charge in [-0.15, -0.1) is 0 Å². The summed E-state index contributed by atoms with van der Waals surface area (Å²) < 4.78 is 10.7. The number of carbonyl (C=O) groups is 4. The second kappa shape index (κ2) is 13.7. The van der Waals surface area contributed by atoms with Gasteiger partial charge < -0.3 is 25.1 Å². The van der Waals surface area contributed by atoms with Gasteiger partial charge in [0.25, 0.3) is 0 Å². The summed E-state index contributed by atoms with van der Waals surface area (Å²) in [5.41, 5.74) is 2.57. The highest BCUT2D eigenvalue weighted by Gasteiger charge is 2.50. The van der Waals surface area contributed by atoms with Gasteiger partial charge in [-0.25, -0.2) is 4.79 Å². The summed E-state index contributed by atoms with van der Waals surface area (Å²) in [6.07, 6.45) is 1.52. The number of hydrogen-bond donors (Lipinski definition) is 3. The molecule has 9 nitrogen and oxygen atoms in total. The van der Waals surface area contributed by atoms with Gasteiger partial charge in [-0.3, -0.25) is 14.4 Å². The summed E-state index contributed by atoms with van der Waals surface area (Å²) in [6, 6.07) is 24.7. The van der Waals surface area contributed by atoms with Crippen molar-refractivity contribution in [1.82, 2.24) is 15.6 Å². The third-order valence-corrected chi connectivity index (χ3v) is 8.00. The molecule has 1 aromatic heterocycles. The smallest absolute Gasteiger partial charge is 0.408 e. The molecule has 2 heterocycles. The standard InChI is InChI=1S/C35H37N3O6/c1-23(37-34(42)43-21-25-13-7-4-8-14-25)31(39)19-26(18-27-20-36-29-16-10-9-15-28(27)29)33(41)38-30(32(40)35(2)22-44-35)17-24-11-5-3-6-12-24/h3-16,20,23,26,30,36H,17-19,21-22H2,1-2H3,(H,37,42)(H,38,41)/t23?,26-,30+,35-/m1/s1. The SMILES string of the molecule is CC(NC(=O)OCc1ccccc1)C(=O)C[C@@H](Cc1c[nH]c2ccccc12)C(=O)N[C@@H](Cc1ccccc1)C(=O)[C@@]1(C)CO1. The number of epoxide rings is 1. The lowest BCUT2D eigenvalue weighted by atomic mass is 9.89. The average molecular weight is 596 g/mol. The minimum Gasteiger partial charge on any atom is -0.445 e. The lowest BCUT2D eigenvalue weighted by molar-refractivity contribution is -0.134. The molecule has 0 saturated carbocycles. The summed E-state index contributed by atoms with van der Waals surface area (Å²) in [4.78, 5) is 56.4. The van der Waals surface area contributed by atoms with Crippen molar-refractivity contribution < 1.29 is 28.7 Å². The van der Waals surface area contributed by atoms with Gasteiger partial charge in [0.15, 0.2) is 11.6 Å². The fourth-order valence-corrected chi connectivity index (χ4v) is 5.23. The van der Waals surface area contributed by atoms with Gasteiger partial charge in [-0.2, -0.15) is 0 Å². The molecule has 0 radical (unpaired) electrons. The van der Waals surface area contributed by atoms with Gasteiger partial charge in [0, 0.05) is 29.4 Å². The zero-order valence-corrected chi connectivity index (χ0v) is 24.9. The number of benzene rings is 3. The van der Waals surface area contributed by atoms with Crippen LogP contribution in [0.15, 0.2) is 91.1 Å². The molecule has 44 heavy (non-hydrogen) atoms. The van der Waals surface area contributed by atoms with E-state index in [2.05, 4.69) is 15.6 Å². The third kappa shape index (κ3) is 7.79. The number of aromatic nitrogens is 1. The highest BCUT2D eigenvalue weighted by Crippen LogP contribution is 2.30. The lowest BCUT2D eigenvalue weighted by Gasteiger charge is -2.24. The van der Waals surface area contributed by atoms with Crippen molar-refractivity contribution in [2.45, 2.75) is 57.4 Å². The first-order chi connectivity index (χ1) is 21.2. The maximum Gasteiger partial charge on any atom is 0.408 e. The van der Waals surface area contributed by atoms with Crippen LogP contribution in [0.1, 0.15) is 37.0 Å². The normalized spacial score (nSPS) is 17.7. The highest BCUT2D eigenvalue weighted by atomic mass is 16.6. The summed E-state index contributed by atoms with van der Waals surface area (Å²) in [5.74, 6) is -1.75. The number of Topliss-reactive ketones (excluding diaryl/α,β-unsaturated/α-hetero) is 2. The van der Waals surface area contributed by atoms with E-state index in [1.54, 1.807) is 13.8 Å². The van der Waals surface area contributed by atoms with Crippen molar-refractivity contribution in [1.29, 1.82) is 0 Å². The third-order valence-electron chi connectivity index (χ3n) is 8.00. The molecule has 1 unspecified atom stereocenters. The first-order valence-electron chi connectivity index (χ1n) is 14.8. The fourth-order valence-electron chi connectivity index (χ4n) is 5.23. The Balaban J connectivity index is 1.31. The number of H-pyrrole nitrogens is 1. The van der Waals surface area contributed by atoms with Gasteiger partial charge in [0.1, 0.15) is 12.2 Å². The first-order valence-corrected chi connectivity index (χ1v) is 14.8. The van der Waals surface area contributed by atoms with Crippen LogP contribution in [0.4, 0.5) is 4.79 Å². The fraction of sp³-hybridized carbons (Fsp3) is 0.314. The van der Waals surface area contributed by atoms with E-state index < -0.39 is 35.6 Å². The van der Waals surface area contributed by atoms with Crippen LogP contribution >= 0.6 is 0 Å². The Kier molecular flexibility index (Phi) is 9.55. The molecule has 0 spiro atoms. The Morgan fingerprint density at radius 3 is 2.20 bits per heavy atom. The number of nitrogens with one attached hydrogen (secondary N) is 3. The maximum atomic E-state index is 13.9. The van der Waals surface area contributed by atoms with E-state index in [4.69, 9.17) is 9.47 Å². The van der Waals surface area contributed by atoms with Crippen LogP contribution in [0.25, 0.3) is 10.9 Å². The zero-order valence-electron chi connectivity index (χ0n) is 24.9. The number of fused-ring (bicyclic) bond motifs is 1. The molecule has 3 aromatic carbocycles. The molecule has 3 N–H and O–H groups in total. The molecule has 1 fully saturated rings. The van der Waals surface area contributed by atoms with Crippen molar-refractivity contribution in [2.75, 3.05) is 6.61 Å². The molecule has 1 aliphatic heterocycles. The highest BCUT2D eigenvalue weighted by molar-refractivity contribution is 5.98. The minimum atomic E-state index is -0.937. The van der Waals surface area contributed by atoms with Crippen molar-refractivity contribution in [3.63, 3.8) is 0 Å². The van der Waals surface area contributed by atoms with E-state index >= 15 is 0 Å². The summed E-state index contributed by atoms with van der Waals surface area (Å²) >= 11 is 0. The minimum absolute atomic E-state index is 0.0681. The first kappa shape index (κ1) is 30.7. The van der Waals surface area contributed by atoms with Crippen molar-refractivity contribution in [3.8, 4) is 0 Å². The van der Waals surface area contributed by atoms with Crippen LogP contribution in [0.3, 0.4) is 0 Å². The number of rotatable bonds is 14. The van der Waals surface area contributed by atoms with Crippen LogP contribution in [0.5, 0.6) is 0 Å². The van der Waals surface area contributed by atoms with Gasteiger partial charge in [0.05, 0.1) is 18.7 Å². The number of para-hydroxylation sites is 1. The number of hydrogen-bond acceptors (Lipinski definition) is 6. The molecule has 4 aromatic rings. The molecule has 5 rings (SSSR count). The Bertz CT molecular complexity index is 1610. The predicted octanol–water partition coefficient (Wildman–Crippen LogP) is 4.69. The Morgan fingerprint density at radius 2 is 1.52 bits per heavy atom. The van der Waals surface area contributed by atoms with Crippen molar-refractivity contribution in [2.24, 2.45) is 5.92 Å². The molecule has 1 saturated heterocycles. The van der Waals surface area contributed by atoms with Crippen LogP contribution < -0.4 is 10.6 Å². The van der Waals surface area contributed by atoms with Crippen molar-refractivity contribution in [3.05, 3.63) is 108 Å². The number of ketones is 2. The molecule has 228 valence electrons. The predicted molar refractivity (Wildman–Crippen MR) is 166 cm³/mol. The molecular formula is C35H37N3O6. The molecule has 0 aliphatic carbocycles. The number of aromatic amines is 1. The summed E-state index contributed by atoms with van der Waals surface area (Å²) in [6.45, 7) is 3.66. The number of amides is 2. The van der Waals surface area contributed by atoms with Gasteiger partial charge in [-0.05, 0) is 49.4 Å². The van der Waals surface area contributed by atoms with Gasteiger partial charge >= 0.3 is 6.09 Å². The van der Waals surface area contributed by atoms with Crippen LogP contribution in [-0.2, 0) is 43.3 Å². The topological polar surface area (TPSA) is 130 Å². The van der Waals surface area contributed by atoms with Crippen LogP contribution in [0.2, 0.25) is 0 Å². The lowest BCUT2D eigenvalue weighted by Crippen LogP contribution is -2.50. The maximum absolute atomic E-state index is 13.9. The monoisotopic (exact) mass is 595 g/mol. The van der Waals surface area contributed by atoms with Crippen LogP contribution in [0, 0.1) is 5.92 Å². The Hall–Kier alpha value is -4.76. The van der Waals surface area contributed by atoms with E-state index in [0.717, 1.165) is 27.6 Å². The molecule has 2 amide bonds. The van der Waals surface area contributed by atoms with E-state index in [-0.39, 0.29) is 31.0 Å². The quantitative estimate of drug-likeness (QED) is 0.182. The van der Waals surface area contributed by atoms with E-state index in [0.29, 0.717) is 13.0 Å². The number of ether oxygens (including phenoxy) is 2. The average Bonchev–Trinajstić information content (AvgIpc) is 3.67. The summed E-state index contributed by atoms with van der Waals surface area (Å²) in [5, 5.41) is 6.48. The molecule has 0 bridgehead atoms. The van der Waals surface area contributed by atoms with Crippen molar-refractivity contribution >= 4 is 34.5 Å². The van der Waals surface area contributed by atoms with E-state index in [1.807, 2.05) is 91.1 Å². The Labute approximate surface area is 256 Å². The van der Waals surface area contributed by atoms with Gasteiger partial charge in [-0.1, -0.05) is 78.9 Å². The molecular weight excluding hydrogens is 558 g/mol. The Morgan fingerprint density at radius 1 is 0.886 bits per heavy atom. The largest absolute Gasteiger partial charge is 0.445 e. The number of alkyl carbamates (subject to hydrolysis) is 1. The number of carbonyl (C=O) groups excluding carboxylic acids is 4. The summed E-state index contributed by atoms with van der Waals surface area (Å²) in [7, 11) is 0. The van der Waals surface area contributed by atoms with Crippen LogP contribution in [-0.4, -0.2) is 52.8 Å². The zero-order chi connectivity index (χ0) is 31.1. The molecule has 9 heteroatoms. The molecule has 4 atom stereocenters. The van der Waals surface area contributed by atoms with E-state index in [1.165, 1.54) is 0 Å². The second-order valence-electron chi connectivity index (χ2n) is 11.5. The molecule has 1 aliphatic rings. The van der Waals surface area contributed by atoms with Gasteiger partial charge in [0.2, 0.25) is 5.91 Å². The van der Waals surface area contributed by atoms with E-state index in [9.17, 15) is 19.2 Å².